The molecule has 0 bridgehead atoms. The fourth-order valence-corrected chi connectivity index (χ4v) is 6.65. The third-order valence-corrected chi connectivity index (χ3v) is 8.13. The lowest BCUT2D eigenvalue weighted by molar-refractivity contribution is -0.120. The van der Waals surface area contributed by atoms with Crippen molar-refractivity contribution in [1.29, 1.82) is 0 Å². The van der Waals surface area contributed by atoms with Gasteiger partial charge in [0.1, 0.15) is 10.7 Å². The SMILES string of the molecule is CC=C(c1ccccc1C)C12CC(SCCC(C)=O)(C(C)=O)NC1Nc1ccccc12. The van der Waals surface area contributed by atoms with Crippen molar-refractivity contribution in [1.82, 2.24) is 5.32 Å². The van der Waals surface area contributed by atoms with E-state index in [0.29, 0.717) is 18.6 Å². The van der Waals surface area contributed by atoms with Crippen LogP contribution in [0.1, 0.15) is 50.3 Å². The Bertz CT molecular complexity index is 1060. The number of ketones is 2. The number of allylic oxidation sites excluding steroid dienone is 1. The summed E-state index contributed by atoms with van der Waals surface area (Å²) < 4.78 is 0. The predicted molar refractivity (Wildman–Crippen MR) is 129 cm³/mol. The fraction of sp³-hybridized carbons (Fsp3) is 0.385. The fourth-order valence-electron chi connectivity index (χ4n) is 5.18. The van der Waals surface area contributed by atoms with Gasteiger partial charge < -0.3 is 5.32 Å². The number of hydrogen-bond acceptors (Lipinski definition) is 5. The van der Waals surface area contributed by atoms with Gasteiger partial charge in [0.15, 0.2) is 5.78 Å². The summed E-state index contributed by atoms with van der Waals surface area (Å²) in [6, 6.07) is 16.9. The molecular formula is C26H30N2O2S. The molecule has 1 saturated heterocycles. The number of rotatable bonds is 7. The van der Waals surface area contributed by atoms with E-state index in [0.717, 1.165) is 5.69 Å². The Morgan fingerprint density at radius 1 is 1.13 bits per heavy atom. The smallest absolute Gasteiger partial charge is 0.160 e. The lowest BCUT2D eigenvalue weighted by Gasteiger charge is -2.34. The molecule has 2 aromatic carbocycles. The summed E-state index contributed by atoms with van der Waals surface area (Å²) in [5.41, 5.74) is 5.61. The molecule has 31 heavy (non-hydrogen) atoms. The first-order valence-corrected chi connectivity index (χ1v) is 11.8. The van der Waals surface area contributed by atoms with Gasteiger partial charge in [-0.2, -0.15) is 0 Å². The summed E-state index contributed by atoms with van der Waals surface area (Å²) in [6.07, 6.45) is 3.21. The van der Waals surface area contributed by atoms with E-state index in [9.17, 15) is 9.59 Å². The number of benzene rings is 2. The van der Waals surface area contributed by atoms with Crippen LogP contribution in [-0.4, -0.2) is 28.4 Å². The largest absolute Gasteiger partial charge is 0.368 e. The molecule has 0 radical (unpaired) electrons. The molecule has 5 heteroatoms. The number of nitrogens with one attached hydrogen (secondary N) is 2. The second-order valence-electron chi connectivity index (χ2n) is 8.62. The molecule has 4 nitrogen and oxygen atoms in total. The number of carbonyl (C=O) groups is 2. The minimum atomic E-state index is -0.738. The first-order valence-electron chi connectivity index (χ1n) is 10.8. The Labute approximate surface area is 188 Å². The normalized spacial score (nSPS) is 26.8. The molecule has 2 aliphatic heterocycles. The maximum atomic E-state index is 13.0. The van der Waals surface area contributed by atoms with Crippen LogP contribution in [-0.2, 0) is 15.0 Å². The van der Waals surface area contributed by atoms with Crippen LogP contribution in [0.4, 0.5) is 5.69 Å². The van der Waals surface area contributed by atoms with Gasteiger partial charge in [0.2, 0.25) is 0 Å². The van der Waals surface area contributed by atoms with Crippen molar-refractivity contribution in [2.45, 2.75) is 57.0 Å². The van der Waals surface area contributed by atoms with Crippen LogP contribution < -0.4 is 10.6 Å². The van der Waals surface area contributed by atoms with Crippen molar-refractivity contribution in [3.05, 3.63) is 71.3 Å². The van der Waals surface area contributed by atoms with Crippen LogP contribution in [0.15, 0.2) is 54.6 Å². The zero-order valence-corrected chi connectivity index (χ0v) is 19.4. The Hall–Kier alpha value is -2.37. The van der Waals surface area contributed by atoms with Crippen molar-refractivity contribution < 1.29 is 9.59 Å². The van der Waals surface area contributed by atoms with Gasteiger partial charge in [0, 0.05) is 17.9 Å². The number of fused-ring (bicyclic) bond motifs is 3. The monoisotopic (exact) mass is 434 g/mol. The van der Waals surface area contributed by atoms with Gasteiger partial charge >= 0.3 is 0 Å². The number of carbonyl (C=O) groups excluding carboxylic acids is 2. The molecule has 162 valence electrons. The average Bonchev–Trinajstić information content (AvgIpc) is 3.21. The molecular weight excluding hydrogens is 404 g/mol. The molecule has 3 atom stereocenters. The van der Waals surface area contributed by atoms with E-state index in [2.05, 4.69) is 73.0 Å². The first kappa shape index (κ1) is 21.8. The molecule has 0 saturated carbocycles. The van der Waals surface area contributed by atoms with E-state index in [1.165, 1.54) is 22.3 Å². The number of anilines is 1. The summed E-state index contributed by atoms with van der Waals surface area (Å²) >= 11 is 1.58. The van der Waals surface area contributed by atoms with Crippen LogP contribution in [0.25, 0.3) is 5.57 Å². The highest BCUT2D eigenvalue weighted by Crippen LogP contribution is 2.59. The van der Waals surface area contributed by atoms with E-state index in [4.69, 9.17) is 0 Å². The molecule has 2 aromatic rings. The minimum Gasteiger partial charge on any atom is -0.368 e. The quantitative estimate of drug-likeness (QED) is 0.636. The summed E-state index contributed by atoms with van der Waals surface area (Å²) in [6.45, 7) is 7.50. The second-order valence-corrected chi connectivity index (χ2v) is 10.0. The highest BCUT2D eigenvalue weighted by atomic mass is 32.2. The van der Waals surface area contributed by atoms with E-state index in [-0.39, 0.29) is 23.1 Å². The topological polar surface area (TPSA) is 58.2 Å². The van der Waals surface area contributed by atoms with E-state index < -0.39 is 4.87 Å². The number of aryl methyl sites for hydroxylation is 1. The molecule has 1 fully saturated rings. The van der Waals surface area contributed by atoms with Gasteiger partial charge in [-0.25, -0.2) is 0 Å². The number of Topliss-reactive ketones (excluding diaryl/α,β-unsaturated/α-hetero) is 2. The van der Waals surface area contributed by atoms with Crippen LogP contribution in [0.3, 0.4) is 0 Å². The number of thioether (sulfide) groups is 1. The van der Waals surface area contributed by atoms with Crippen LogP contribution >= 0.6 is 11.8 Å². The van der Waals surface area contributed by atoms with Gasteiger partial charge in [-0.1, -0.05) is 48.5 Å². The van der Waals surface area contributed by atoms with Gasteiger partial charge in [0.05, 0.1) is 11.6 Å². The summed E-state index contributed by atoms with van der Waals surface area (Å²) in [4.78, 5) is 23.8. The highest BCUT2D eigenvalue weighted by Gasteiger charge is 2.62. The molecule has 2 aliphatic rings. The molecule has 0 amide bonds. The molecule has 0 aliphatic carbocycles. The predicted octanol–water partition coefficient (Wildman–Crippen LogP) is 5.08. The lowest BCUT2D eigenvalue weighted by Crippen LogP contribution is -2.49. The Morgan fingerprint density at radius 3 is 2.52 bits per heavy atom. The van der Waals surface area contributed by atoms with Gasteiger partial charge in [0.25, 0.3) is 0 Å². The molecule has 0 aromatic heterocycles. The standard InChI is InChI=1S/C26H30N2O2S/c1-5-21(20-11-7-6-10-17(20)2)25-16-26(19(4)30,31-15-14-18(3)29)28-24(25)27-23-13-9-8-12-22(23)25/h5-13,24,27-28H,14-16H2,1-4H3. The minimum absolute atomic E-state index is 0.106. The molecule has 4 rings (SSSR count). The summed E-state index contributed by atoms with van der Waals surface area (Å²) in [5.74, 6) is 0.882. The molecule has 3 unspecified atom stereocenters. The third-order valence-electron chi connectivity index (χ3n) is 6.68. The lowest BCUT2D eigenvalue weighted by atomic mass is 9.68. The second kappa shape index (κ2) is 8.29. The molecule has 2 N–H and O–H groups in total. The van der Waals surface area contributed by atoms with E-state index in [1.54, 1.807) is 25.6 Å². The molecule has 0 spiro atoms. The zero-order chi connectivity index (χ0) is 22.2. The maximum absolute atomic E-state index is 13.0. The van der Waals surface area contributed by atoms with E-state index in [1.807, 2.05) is 6.07 Å². The van der Waals surface area contributed by atoms with Crippen molar-refractivity contribution in [2.75, 3.05) is 11.1 Å². The van der Waals surface area contributed by atoms with Crippen LogP contribution in [0.5, 0.6) is 0 Å². The third kappa shape index (κ3) is 3.54. The number of hydrogen-bond donors (Lipinski definition) is 2. The van der Waals surface area contributed by atoms with E-state index >= 15 is 0 Å². The Kier molecular flexibility index (Phi) is 5.84. The average molecular weight is 435 g/mol. The Morgan fingerprint density at radius 2 is 1.84 bits per heavy atom. The maximum Gasteiger partial charge on any atom is 0.160 e. The van der Waals surface area contributed by atoms with Crippen molar-refractivity contribution >= 4 is 34.6 Å². The van der Waals surface area contributed by atoms with Gasteiger partial charge in [-0.15, -0.1) is 11.8 Å². The van der Waals surface area contributed by atoms with Gasteiger partial charge in [-0.05, 0) is 62.4 Å². The summed E-state index contributed by atoms with van der Waals surface area (Å²) in [5, 5.41) is 7.35. The van der Waals surface area contributed by atoms with Crippen molar-refractivity contribution in [3.63, 3.8) is 0 Å². The first-order chi connectivity index (χ1) is 14.8. The van der Waals surface area contributed by atoms with Gasteiger partial charge in [-0.3, -0.25) is 14.9 Å². The van der Waals surface area contributed by atoms with Crippen LogP contribution in [0, 0.1) is 6.92 Å². The van der Waals surface area contributed by atoms with Crippen molar-refractivity contribution in [2.24, 2.45) is 0 Å². The summed E-state index contributed by atoms with van der Waals surface area (Å²) in [7, 11) is 0. The highest BCUT2D eigenvalue weighted by molar-refractivity contribution is 8.01. The van der Waals surface area contributed by atoms with Crippen LogP contribution in [0.2, 0.25) is 0 Å². The number of para-hydroxylation sites is 1. The molecule has 2 heterocycles. The van der Waals surface area contributed by atoms with Crippen molar-refractivity contribution in [3.8, 4) is 0 Å². The Balaban J connectivity index is 1.86. The zero-order valence-electron chi connectivity index (χ0n) is 18.6.